The van der Waals surface area contributed by atoms with Gasteiger partial charge in [-0.25, -0.2) is 13.2 Å². The molecule has 0 aromatic heterocycles. The molecule has 0 saturated carbocycles. The fourth-order valence-corrected chi connectivity index (χ4v) is 3.43. The molecular formula is C15H17F3N2O. The quantitative estimate of drug-likeness (QED) is 0.909. The molecule has 1 aromatic carbocycles. The number of amides is 1. The molecule has 2 fully saturated rings. The fourth-order valence-electron chi connectivity index (χ4n) is 3.43. The number of hydrogen-bond donors (Lipinski definition) is 1. The first-order valence-corrected chi connectivity index (χ1v) is 7.13. The van der Waals surface area contributed by atoms with Crippen LogP contribution in [0.2, 0.25) is 0 Å². The van der Waals surface area contributed by atoms with Crippen LogP contribution in [0.4, 0.5) is 13.2 Å². The molecule has 114 valence electrons. The molecule has 3 nitrogen and oxygen atoms in total. The summed E-state index contributed by atoms with van der Waals surface area (Å²) in [5.41, 5.74) is -0.676. The van der Waals surface area contributed by atoms with E-state index in [1.165, 1.54) is 4.90 Å². The number of fused-ring (bicyclic) bond motifs is 2. The number of nitrogens with zero attached hydrogens (tertiary/aromatic N) is 1. The molecule has 2 heterocycles. The number of halogens is 3. The Morgan fingerprint density at radius 3 is 2.19 bits per heavy atom. The molecule has 1 aromatic rings. The molecule has 2 unspecified atom stereocenters. The van der Waals surface area contributed by atoms with E-state index in [1.807, 2.05) is 0 Å². The van der Waals surface area contributed by atoms with Crippen molar-refractivity contribution < 1.29 is 18.0 Å². The highest BCUT2D eigenvalue weighted by Gasteiger charge is 2.37. The Labute approximate surface area is 121 Å². The predicted octanol–water partition coefficient (Wildman–Crippen LogP) is 2.46. The number of hydrogen-bond acceptors (Lipinski definition) is 2. The minimum absolute atomic E-state index is 0.0416. The standard InChI is InChI=1S/C15H17F3N2O/c1-20(11-6-9-2-3-10(7-11)19-9)15(21)14-12(17)4-8(16)5-13(14)18/h4-5,9-11,19H,2-3,6-7H2,1H3. The maximum absolute atomic E-state index is 13.7. The molecule has 0 radical (unpaired) electrons. The topological polar surface area (TPSA) is 32.3 Å². The first-order chi connectivity index (χ1) is 9.95. The van der Waals surface area contributed by atoms with Crippen LogP contribution in [0, 0.1) is 17.5 Å². The molecule has 2 bridgehead atoms. The lowest BCUT2D eigenvalue weighted by Gasteiger charge is -2.35. The van der Waals surface area contributed by atoms with Gasteiger partial charge in [0.05, 0.1) is 0 Å². The third kappa shape index (κ3) is 2.64. The number of carbonyl (C=O) groups is 1. The zero-order valence-electron chi connectivity index (χ0n) is 11.7. The maximum Gasteiger partial charge on any atom is 0.259 e. The summed E-state index contributed by atoms with van der Waals surface area (Å²) in [4.78, 5) is 13.7. The van der Waals surface area contributed by atoms with Crippen molar-refractivity contribution in [2.24, 2.45) is 0 Å². The van der Waals surface area contributed by atoms with Gasteiger partial charge in [0.15, 0.2) is 0 Å². The van der Waals surface area contributed by atoms with Crippen LogP contribution in [0.1, 0.15) is 36.0 Å². The normalized spacial score (nSPS) is 27.7. The van der Waals surface area contributed by atoms with Crippen molar-refractivity contribution in [2.75, 3.05) is 7.05 Å². The Bertz CT molecular complexity index is 543. The summed E-state index contributed by atoms with van der Waals surface area (Å²) >= 11 is 0. The number of benzene rings is 1. The highest BCUT2D eigenvalue weighted by Crippen LogP contribution is 2.30. The summed E-state index contributed by atoms with van der Waals surface area (Å²) in [6.07, 6.45) is 3.71. The van der Waals surface area contributed by atoms with Gasteiger partial charge >= 0.3 is 0 Å². The monoisotopic (exact) mass is 298 g/mol. The molecule has 21 heavy (non-hydrogen) atoms. The summed E-state index contributed by atoms with van der Waals surface area (Å²) in [5, 5.41) is 3.45. The Morgan fingerprint density at radius 1 is 1.14 bits per heavy atom. The zero-order chi connectivity index (χ0) is 15.1. The SMILES string of the molecule is CN(C(=O)c1c(F)cc(F)cc1F)C1CC2CCC(C1)N2. The molecule has 2 aliphatic rings. The average molecular weight is 298 g/mol. The van der Waals surface area contributed by atoms with Crippen molar-refractivity contribution in [1.82, 2.24) is 10.2 Å². The van der Waals surface area contributed by atoms with E-state index < -0.39 is 28.9 Å². The highest BCUT2D eigenvalue weighted by molar-refractivity contribution is 5.94. The molecular weight excluding hydrogens is 281 g/mol. The van der Waals surface area contributed by atoms with Crippen molar-refractivity contribution in [3.63, 3.8) is 0 Å². The van der Waals surface area contributed by atoms with Crippen LogP contribution in [-0.2, 0) is 0 Å². The minimum atomic E-state index is -1.15. The second-order valence-corrected chi connectivity index (χ2v) is 5.92. The van der Waals surface area contributed by atoms with E-state index in [4.69, 9.17) is 0 Å². The minimum Gasteiger partial charge on any atom is -0.338 e. The smallest absolute Gasteiger partial charge is 0.259 e. The van der Waals surface area contributed by atoms with Crippen LogP contribution in [0.3, 0.4) is 0 Å². The van der Waals surface area contributed by atoms with E-state index >= 15 is 0 Å². The summed E-state index contributed by atoms with van der Waals surface area (Å²) in [6.45, 7) is 0. The second kappa shape index (κ2) is 5.33. The number of nitrogens with one attached hydrogen (secondary N) is 1. The van der Waals surface area contributed by atoms with Gasteiger partial charge in [-0.1, -0.05) is 0 Å². The van der Waals surface area contributed by atoms with Crippen LogP contribution in [-0.4, -0.2) is 36.0 Å². The second-order valence-electron chi connectivity index (χ2n) is 5.92. The number of piperidine rings is 1. The third-order valence-corrected chi connectivity index (χ3v) is 4.54. The third-order valence-electron chi connectivity index (χ3n) is 4.54. The molecule has 1 amide bonds. The van der Waals surface area contributed by atoms with E-state index in [9.17, 15) is 18.0 Å². The lowest BCUT2D eigenvalue weighted by atomic mass is 9.98. The predicted molar refractivity (Wildman–Crippen MR) is 71.4 cm³/mol. The average Bonchev–Trinajstić information content (AvgIpc) is 2.75. The molecule has 6 heteroatoms. The van der Waals surface area contributed by atoms with Gasteiger partial charge in [-0.05, 0) is 25.7 Å². The van der Waals surface area contributed by atoms with Crippen molar-refractivity contribution in [1.29, 1.82) is 0 Å². The molecule has 2 atom stereocenters. The van der Waals surface area contributed by atoms with Crippen LogP contribution in [0.5, 0.6) is 0 Å². The molecule has 0 aliphatic carbocycles. The van der Waals surface area contributed by atoms with Crippen LogP contribution < -0.4 is 5.32 Å². The Kier molecular flexibility index (Phi) is 3.65. The Balaban J connectivity index is 1.82. The van der Waals surface area contributed by atoms with E-state index in [0.29, 0.717) is 24.2 Å². The van der Waals surface area contributed by atoms with Gasteiger partial charge in [0.1, 0.15) is 23.0 Å². The van der Waals surface area contributed by atoms with Gasteiger partial charge in [0, 0.05) is 37.3 Å². The van der Waals surface area contributed by atoms with Crippen LogP contribution in [0.25, 0.3) is 0 Å². The number of carbonyl (C=O) groups excluding carboxylic acids is 1. The largest absolute Gasteiger partial charge is 0.338 e. The molecule has 2 saturated heterocycles. The first-order valence-electron chi connectivity index (χ1n) is 7.13. The van der Waals surface area contributed by atoms with Crippen molar-refractivity contribution >= 4 is 5.91 Å². The van der Waals surface area contributed by atoms with Crippen molar-refractivity contribution in [3.8, 4) is 0 Å². The van der Waals surface area contributed by atoms with Gasteiger partial charge in [-0.2, -0.15) is 0 Å². The molecule has 1 N–H and O–H groups in total. The van der Waals surface area contributed by atoms with Crippen molar-refractivity contribution in [2.45, 2.75) is 43.8 Å². The van der Waals surface area contributed by atoms with Gasteiger partial charge < -0.3 is 10.2 Å². The number of rotatable bonds is 2. The van der Waals surface area contributed by atoms with Crippen molar-refractivity contribution in [3.05, 3.63) is 35.1 Å². The van der Waals surface area contributed by atoms with Crippen LogP contribution >= 0.6 is 0 Å². The van der Waals surface area contributed by atoms with E-state index in [2.05, 4.69) is 5.32 Å². The van der Waals surface area contributed by atoms with Gasteiger partial charge in [-0.3, -0.25) is 4.79 Å². The van der Waals surface area contributed by atoms with Gasteiger partial charge in [-0.15, -0.1) is 0 Å². The Morgan fingerprint density at radius 2 is 1.67 bits per heavy atom. The maximum atomic E-state index is 13.7. The highest BCUT2D eigenvalue weighted by atomic mass is 19.1. The zero-order valence-corrected chi connectivity index (χ0v) is 11.7. The summed E-state index contributed by atoms with van der Waals surface area (Å²) in [7, 11) is 1.56. The Hall–Kier alpha value is -1.56. The lowest BCUT2D eigenvalue weighted by molar-refractivity contribution is 0.0671. The summed E-state index contributed by atoms with van der Waals surface area (Å²) < 4.78 is 40.4. The molecule has 2 aliphatic heterocycles. The van der Waals surface area contributed by atoms with Gasteiger partial charge in [0.25, 0.3) is 5.91 Å². The lowest BCUT2D eigenvalue weighted by Crippen LogP contribution is -2.49. The van der Waals surface area contributed by atoms with E-state index in [-0.39, 0.29) is 6.04 Å². The molecule has 3 rings (SSSR count). The van der Waals surface area contributed by atoms with E-state index in [1.54, 1.807) is 7.05 Å². The summed E-state index contributed by atoms with van der Waals surface area (Å²) in [5.74, 6) is -4.05. The van der Waals surface area contributed by atoms with E-state index in [0.717, 1.165) is 25.7 Å². The molecule has 0 spiro atoms. The van der Waals surface area contributed by atoms with Crippen LogP contribution in [0.15, 0.2) is 12.1 Å². The first kappa shape index (κ1) is 14.4. The van der Waals surface area contributed by atoms with Gasteiger partial charge in [0.2, 0.25) is 0 Å². The summed E-state index contributed by atoms with van der Waals surface area (Å²) in [6, 6.07) is 1.77. The fraction of sp³-hybridized carbons (Fsp3) is 0.533.